The van der Waals surface area contributed by atoms with Crippen LogP contribution in [0.2, 0.25) is 0 Å². The molecule has 0 aliphatic heterocycles. The second-order valence-corrected chi connectivity index (χ2v) is 5.28. The fourth-order valence-electron chi connectivity index (χ4n) is 2.38. The number of para-hydroxylation sites is 1. The van der Waals surface area contributed by atoms with E-state index in [-0.39, 0.29) is 11.6 Å². The van der Waals surface area contributed by atoms with Gasteiger partial charge in [0.25, 0.3) is 5.91 Å². The summed E-state index contributed by atoms with van der Waals surface area (Å²) in [6.07, 6.45) is 0.958. The molecule has 1 amide bonds. The van der Waals surface area contributed by atoms with Crippen LogP contribution < -0.4 is 10.1 Å². The van der Waals surface area contributed by atoms with Gasteiger partial charge in [0.15, 0.2) is 11.5 Å². The number of methoxy groups -OCH3 is 1. The minimum absolute atomic E-state index is 0.218. The molecule has 24 heavy (non-hydrogen) atoms. The molecule has 2 aromatic carbocycles. The van der Waals surface area contributed by atoms with Crippen molar-refractivity contribution in [2.24, 2.45) is 0 Å². The van der Waals surface area contributed by atoms with Crippen LogP contribution in [-0.4, -0.2) is 18.2 Å². The first-order chi connectivity index (χ1) is 11.7. The molecule has 0 atom stereocenters. The fraction of sp³-hybridized carbons (Fsp3) is 0.158. The van der Waals surface area contributed by atoms with Gasteiger partial charge in [-0.15, -0.1) is 0 Å². The molecule has 5 heteroatoms. The highest BCUT2D eigenvalue weighted by molar-refractivity contribution is 6.03. The van der Waals surface area contributed by atoms with E-state index in [0.717, 1.165) is 17.7 Å². The summed E-state index contributed by atoms with van der Waals surface area (Å²) in [6, 6.07) is 16.7. The summed E-state index contributed by atoms with van der Waals surface area (Å²) in [4.78, 5) is 12.3. The van der Waals surface area contributed by atoms with E-state index in [0.29, 0.717) is 11.5 Å². The van der Waals surface area contributed by atoms with Gasteiger partial charge in [-0.2, -0.15) is 0 Å². The zero-order valence-electron chi connectivity index (χ0n) is 13.6. The average Bonchev–Trinajstić information content (AvgIpc) is 3.12. The lowest BCUT2D eigenvalue weighted by Gasteiger charge is -2.04. The summed E-state index contributed by atoms with van der Waals surface area (Å²) in [5, 5.41) is 6.67. The average molecular weight is 322 g/mol. The van der Waals surface area contributed by atoms with Crippen molar-refractivity contribution >= 4 is 11.6 Å². The Morgan fingerprint density at radius 3 is 2.62 bits per heavy atom. The molecular weight excluding hydrogens is 304 g/mol. The third kappa shape index (κ3) is 3.30. The van der Waals surface area contributed by atoms with Gasteiger partial charge in [-0.25, -0.2) is 0 Å². The fourth-order valence-corrected chi connectivity index (χ4v) is 2.38. The smallest absolute Gasteiger partial charge is 0.277 e. The van der Waals surface area contributed by atoms with Crippen LogP contribution in [0.15, 0.2) is 59.1 Å². The first-order valence-corrected chi connectivity index (χ1v) is 7.71. The molecule has 1 aromatic heterocycles. The largest absolute Gasteiger partial charge is 0.496 e. The van der Waals surface area contributed by atoms with Crippen LogP contribution in [0.25, 0.3) is 11.3 Å². The lowest BCUT2D eigenvalue weighted by molar-refractivity contribution is 0.101. The van der Waals surface area contributed by atoms with E-state index in [1.165, 1.54) is 5.56 Å². The van der Waals surface area contributed by atoms with E-state index in [1.54, 1.807) is 13.2 Å². The van der Waals surface area contributed by atoms with E-state index in [1.807, 2.05) is 48.5 Å². The van der Waals surface area contributed by atoms with E-state index >= 15 is 0 Å². The second-order valence-electron chi connectivity index (χ2n) is 5.28. The first kappa shape index (κ1) is 15.8. The van der Waals surface area contributed by atoms with Crippen molar-refractivity contribution in [3.05, 3.63) is 65.9 Å². The molecule has 1 N–H and O–H groups in total. The van der Waals surface area contributed by atoms with Gasteiger partial charge in [-0.3, -0.25) is 4.79 Å². The van der Waals surface area contributed by atoms with E-state index in [4.69, 9.17) is 9.26 Å². The third-order valence-electron chi connectivity index (χ3n) is 3.74. The SMILES string of the molecule is CCc1ccc(NC(=O)c2cc(-c3ccccc3OC)on2)cc1. The van der Waals surface area contributed by atoms with Gasteiger partial charge in [-0.05, 0) is 36.2 Å². The Balaban J connectivity index is 1.78. The summed E-state index contributed by atoms with van der Waals surface area (Å²) >= 11 is 0. The van der Waals surface area contributed by atoms with Crippen LogP contribution in [0, 0.1) is 0 Å². The van der Waals surface area contributed by atoms with Gasteiger partial charge in [-0.1, -0.05) is 36.3 Å². The van der Waals surface area contributed by atoms with Crippen molar-refractivity contribution in [2.75, 3.05) is 12.4 Å². The zero-order valence-corrected chi connectivity index (χ0v) is 13.6. The van der Waals surface area contributed by atoms with Crippen molar-refractivity contribution in [1.29, 1.82) is 0 Å². The Labute approximate surface area is 140 Å². The number of benzene rings is 2. The highest BCUT2D eigenvalue weighted by Crippen LogP contribution is 2.30. The molecule has 0 bridgehead atoms. The number of anilines is 1. The monoisotopic (exact) mass is 322 g/mol. The van der Waals surface area contributed by atoms with Gasteiger partial charge >= 0.3 is 0 Å². The van der Waals surface area contributed by atoms with Gasteiger partial charge in [0.2, 0.25) is 0 Å². The summed E-state index contributed by atoms with van der Waals surface area (Å²) in [5.41, 5.74) is 2.90. The first-order valence-electron chi connectivity index (χ1n) is 7.71. The highest BCUT2D eigenvalue weighted by Gasteiger charge is 2.16. The Morgan fingerprint density at radius 1 is 1.17 bits per heavy atom. The normalized spacial score (nSPS) is 10.4. The molecule has 122 valence electrons. The molecule has 1 heterocycles. The number of carbonyl (C=O) groups is 1. The summed E-state index contributed by atoms with van der Waals surface area (Å²) in [7, 11) is 1.59. The molecular formula is C19H18N2O3. The molecule has 0 radical (unpaired) electrons. The molecule has 3 aromatic rings. The number of hydrogen-bond donors (Lipinski definition) is 1. The number of rotatable bonds is 5. The van der Waals surface area contributed by atoms with E-state index in [9.17, 15) is 4.79 Å². The predicted octanol–water partition coefficient (Wildman–Crippen LogP) is 4.16. The van der Waals surface area contributed by atoms with Crippen molar-refractivity contribution in [3.63, 3.8) is 0 Å². The lowest BCUT2D eigenvalue weighted by Crippen LogP contribution is -2.12. The molecule has 0 saturated heterocycles. The number of nitrogens with zero attached hydrogens (tertiary/aromatic N) is 1. The van der Waals surface area contributed by atoms with Crippen LogP contribution in [0.5, 0.6) is 5.75 Å². The molecule has 0 aliphatic carbocycles. The quantitative estimate of drug-likeness (QED) is 0.766. The van der Waals surface area contributed by atoms with Crippen molar-refractivity contribution < 1.29 is 14.1 Å². The summed E-state index contributed by atoms with van der Waals surface area (Å²) < 4.78 is 10.6. The number of amides is 1. The molecule has 5 nitrogen and oxygen atoms in total. The molecule has 0 aliphatic rings. The van der Waals surface area contributed by atoms with Crippen molar-refractivity contribution in [1.82, 2.24) is 5.16 Å². The maximum atomic E-state index is 12.3. The molecule has 0 fully saturated rings. The van der Waals surface area contributed by atoms with E-state index in [2.05, 4.69) is 17.4 Å². The number of hydrogen-bond acceptors (Lipinski definition) is 4. The number of aryl methyl sites for hydroxylation is 1. The number of aromatic nitrogens is 1. The Bertz CT molecular complexity index is 838. The Kier molecular flexibility index (Phi) is 4.61. The van der Waals surface area contributed by atoms with Crippen LogP contribution in [0.1, 0.15) is 23.0 Å². The molecule has 0 spiro atoms. The van der Waals surface area contributed by atoms with Gasteiger partial charge in [0.1, 0.15) is 5.75 Å². The molecule has 0 unspecified atom stereocenters. The Hall–Kier alpha value is -3.08. The maximum Gasteiger partial charge on any atom is 0.277 e. The lowest BCUT2D eigenvalue weighted by atomic mass is 10.1. The predicted molar refractivity (Wildman–Crippen MR) is 92.3 cm³/mol. The van der Waals surface area contributed by atoms with Crippen LogP contribution in [0.4, 0.5) is 5.69 Å². The minimum atomic E-state index is -0.316. The molecule has 3 rings (SSSR count). The van der Waals surface area contributed by atoms with Crippen LogP contribution >= 0.6 is 0 Å². The minimum Gasteiger partial charge on any atom is -0.496 e. The van der Waals surface area contributed by atoms with Crippen molar-refractivity contribution in [3.8, 4) is 17.1 Å². The topological polar surface area (TPSA) is 64.4 Å². The maximum absolute atomic E-state index is 12.3. The van der Waals surface area contributed by atoms with E-state index < -0.39 is 0 Å². The van der Waals surface area contributed by atoms with Crippen LogP contribution in [0.3, 0.4) is 0 Å². The van der Waals surface area contributed by atoms with Gasteiger partial charge in [0.05, 0.1) is 12.7 Å². The second kappa shape index (κ2) is 7.00. The molecule has 0 saturated carbocycles. The van der Waals surface area contributed by atoms with Gasteiger partial charge in [0, 0.05) is 11.8 Å². The summed E-state index contributed by atoms with van der Waals surface area (Å²) in [6.45, 7) is 2.09. The number of carbonyl (C=O) groups excluding carboxylic acids is 1. The third-order valence-corrected chi connectivity index (χ3v) is 3.74. The summed E-state index contributed by atoms with van der Waals surface area (Å²) in [5.74, 6) is 0.832. The zero-order chi connectivity index (χ0) is 16.9. The van der Waals surface area contributed by atoms with Crippen LogP contribution in [-0.2, 0) is 6.42 Å². The Morgan fingerprint density at radius 2 is 1.92 bits per heavy atom. The van der Waals surface area contributed by atoms with Crippen molar-refractivity contribution in [2.45, 2.75) is 13.3 Å². The number of ether oxygens (including phenoxy) is 1. The highest BCUT2D eigenvalue weighted by atomic mass is 16.5. The van der Waals surface area contributed by atoms with Gasteiger partial charge < -0.3 is 14.6 Å². The number of nitrogens with one attached hydrogen (secondary N) is 1. The standard InChI is InChI=1S/C19H18N2O3/c1-3-13-8-10-14(11-9-13)20-19(22)16-12-18(24-21-16)15-6-4-5-7-17(15)23-2/h4-12H,3H2,1-2H3,(H,20,22).